The second-order valence-corrected chi connectivity index (χ2v) is 29.5. The lowest BCUT2D eigenvalue weighted by Gasteiger charge is -2.49. The van der Waals surface area contributed by atoms with Gasteiger partial charge >= 0.3 is 6.03 Å². The molecule has 0 unspecified atom stereocenters. The lowest BCUT2D eigenvalue weighted by Crippen LogP contribution is -2.65. The van der Waals surface area contributed by atoms with Crippen molar-refractivity contribution in [2.45, 2.75) is 103 Å². The van der Waals surface area contributed by atoms with Crippen LogP contribution < -0.4 is 42.6 Å². The Hall–Kier alpha value is -9.70. The van der Waals surface area contributed by atoms with E-state index in [2.05, 4.69) is 320 Å². The predicted octanol–water partition coefficient (Wildman–Crippen LogP) is 18.6. The second-order valence-electron chi connectivity index (χ2n) is 29.5. The van der Waals surface area contributed by atoms with Crippen LogP contribution in [-0.2, 0) is 21.7 Å². The Morgan fingerprint density at radius 1 is 0.293 bits per heavy atom. The molecule has 2 aliphatic carbocycles. The largest absolute Gasteiger partial charge is 0.338 e. The van der Waals surface area contributed by atoms with Crippen molar-refractivity contribution in [2.75, 3.05) is 9.80 Å². The third-order valence-electron chi connectivity index (χ3n) is 22.2. The number of benzene rings is 12. The average molecular weight is 1190 g/mol. The first-order valence-corrected chi connectivity index (χ1v) is 33.3. The molecule has 12 aromatic rings. The average Bonchev–Trinajstić information content (AvgIpc) is 0.674. The van der Waals surface area contributed by atoms with Gasteiger partial charge in [0.15, 0.2) is 0 Å². The van der Waals surface area contributed by atoms with Gasteiger partial charge < -0.3 is 0 Å². The minimum absolute atomic E-state index is 0.0317. The Morgan fingerprint density at radius 3 is 0.859 bits per heavy atom. The number of nitrogens with zero attached hydrogens (tertiary/aromatic N) is 2. The van der Waals surface area contributed by atoms with Crippen molar-refractivity contribution in [3.05, 3.63) is 277 Å². The SMILES string of the molecule is CC1(C)CCC(C)(C)c2cc3c(cc21)B(c1c(-c2ccccc2)cc(-c2ccccc2)cc1-c1ccccc1)c1ccc2ccc4c5c2c1N3C(=O)N5c1cc2c(cc1B4c1c(-c3ccccc3)cc(-c3ccccc3)cc1-c1ccccc1)C(C)(C)CCC2(C)C. The molecule has 3 nitrogen and oxygen atoms in total. The van der Waals surface area contributed by atoms with Crippen molar-refractivity contribution >= 4 is 85.8 Å². The lowest BCUT2D eigenvalue weighted by molar-refractivity contribution is 0.255. The molecule has 0 saturated carbocycles. The summed E-state index contributed by atoms with van der Waals surface area (Å²) in [5.74, 6) is 0. The first kappa shape index (κ1) is 56.3. The van der Waals surface area contributed by atoms with E-state index in [0.29, 0.717) is 0 Å². The summed E-state index contributed by atoms with van der Waals surface area (Å²) in [4.78, 5) is 22.1. The zero-order chi connectivity index (χ0) is 62.6. The highest BCUT2D eigenvalue weighted by Crippen LogP contribution is 2.54. The van der Waals surface area contributed by atoms with Gasteiger partial charge in [0.05, 0.1) is 11.4 Å². The minimum atomic E-state index is -0.293. The molecule has 0 spiro atoms. The van der Waals surface area contributed by atoms with E-state index >= 15 is 4.79 Å². The molecule has 3 heterocycles. The number of hydrogen-bond donors (Lipinski definition) is 0. The molecule has 0 aromatic heterocycles. The molecular formula is C87H74B2N2O. The number of urea groups is 1. The van der Waals surface area contributed by atoms with Gasteiger partial charge in [-0.25, -0.2) is 4.79 Å². The molecule has 0 atom stereocenters. The maximum Gasteiger partial charge on any atom is 0.338 e. The predicted molar refractivity (Wildman–Crippen MR) is 392 cm³/mol. The number of hydrogen-bond acceptors (Lipinski definition) is 1. The van der Waals surface area contributed by atoms with Crippen molar-refractivity contribution in [3.63, 3.8) is 0 Å². The van der Waals surface area contributed by atoms with Crippen LogP contribution in [0.15, 0.2) is 255 Å². The quantitative estimate of drug-likeness (QED) is 0.139. The van der Waals surface area contributed by atoms with Crippen LogP contribution in [0.2, 0.25) is 0 Å². The summed E-state index contributed by atoms with van der Waals surface area (Å²) < 4.78 is 0. The van der Waals surface area contributed by atoms with Crippen LogP contribution in [0.5, 0.6) is 0 Å². The number of fused-ring (bicyclic) bond motifs is 6. The van der Waals surface area contributed by atoms with Crippen molar-refractivity contribution < 1.29 is 4.79 Å². The first-order chi connectivity index (χ1) is 44.5. The summed E-state index contributed by atoms with van der Waals surface area (Å²) in [6, 6.07) is 95.6. The summed E-state index contributed by atoms with van der Waals surface area (Å²) in [5, 5.41) is 2.23. The Bertz CT molecular complexity index is 4570. The van der Waals surface area contributed by atoms with Crippen molar-refractivity contribution in [3.8, 4) is 66.8 Å². The van der Waals surface area contributed by atoms with Crippen LogP contribution in [0.3, 0.4) is 0 Å². The van der Waals surface area contributed by atoms with Gasteiger partial charge in [-0.3, -0.25) is 9.80 Å². The summed E-state index contributed by atoms with van der Waals surface area (Å²) in [7, 11) is 0. The molecule has 92 heavy (non-hydrogen) atoms. The maximum absolute atomic E-state index is 17.7. The zero-order valence-electron chi connectivity index (χ0n) is 54.0. The molecule has 0 saturated heterocycles. The van der Waals surface area contributed by atoms with Gasteiger partial charge in [0.1, 0.15) is 0 Å². The van der Waals surface area contributed by atoms with E-state index in [-0.39, 0.29) is 41.1 Å². The van der Waals surface area contributed by atoms with Crippen LogP contribution in [-0.4, -0.2) is 19.5 Å². The van der Waals surface area contributed by atoms with Crippen molar-refractivity contribution in [1.29, 1.82) is 0 Å². The fourth-order valence-electron chi connectivity index (χ4n) is 17.1. The van der Waals surface area contributed by atoms with E-state index < -0.39 is 0 Å². The van der Waals surface area contributed by atoms with Gasteiger partial charge in [-0.2, -0.15) is 0 Å². The molecule has 5 aliphatic rings. The Morgan fingerprint density at radius 2 is 0.565 bits per heavy atom. The topological polar surface area (TPSA) is 23.6 Å². The molecule has 12 aromatic carbocycles. The third kappa shape index (κ3) is 8.60. The van der Waals surface area contributed by atoms with E-state index in [0.717, 1.165) is 114 Å². The third-order valence-corrected chi connectivity index (χ3v) is 22.2. The molecule has 3 aliphatic heterocycles. The van der Waals surface area contributed by atoms with Crippen LogP contribution in [0, 0.1) is 0 Å². The Labute approximate surface area is 543 Å². The van der Waals surface area contributed by atoms with Crippen LogP contribution in [0.1, 0.15) is 103 Å². The number of carbonyl (C=O) groups is 1. The van der Waals surface area contributed by atoms with E-state index in [4.69, 9.17) is 0 Å². The van der Waals surface area contributed by atoms with E-state index in [1.807, 2.05) is 0 Å². The van der Waals surface area contributed by atoms with Gasteiger partial charge in [0.25, 0.3) is 0 Å². The number of carbonyl (C=O) groups excluding carboxylic acids is 1. The molecule has 0 radical (unpaired) electrons. The lowest BCUT2D eigenvalue weighted by atomic mass is 9.32. The maximum atomic E-state index is 17.7. The highest BCUT2D eigenvalue weighted by Gasteiger charge is 2.52. The molecule has 2 amide bonds. The Balaban J connectivity index is 1.04. The smallest absolute Gasteiger partial charge is 0.263 e. The van der Waals surface area contributed by atoms with E-state index in [1.54, 1.807) is 0 Å². The van der Waals surface area contributed by atoms with Gasteiger partial charge in [0.2, 0.25) is 13.4 Å². The van der Waals surface area contributed by atoms with Crippen molar-refractivity contribution in [1.82, 2.24) is 0 Å². The highest BCUT2D eigenvalue weighted by atomic mass is 16.2. The standard InChI is InChI=1S/C87H74B2N2O/c1-84(2)43-45-86(5,6)70-53-76-74(51-68(70)84)88(79-64(57-31-19-11-20-32-57)47-62(55-27-15-9-16-28-55)48-65(79)58-33-21-12-22-34-58)72-41-39-61-40-42-73-82-78(61)81(72)90(76)83(92)91(82)77-54-71-69(85(3,4)44-46-87(71,7)8)52-75(77)89(73)80-66(59-35-23-13-24-36-59)49-63(56-29-17-10-18-30-56)50-67(80)60-37-25-14-26-38-60/h9-42,47-54H,43-46H2,1-8H3. The molecule has 444 valence electrons. The van der Waals surface area contributed by atoms with Crippen LogP contribution in [0.25, 0.3) is 77.5 Å². The molecule has 0 bridgehead atoms. The minimum Gasteiger partial charge on any atom is -0.263 e. The first-order valence-electron chi connectivity index (χ1n) is 33.3. The summed E-state index contributed by atoms with van der Waals surface area (Å²) in [5.41, 5.74) is 30.0. The second kappa shape index (κ2) is 20.7. The zero-order valence-corrected chi connectivity index (χ0v) is 54.0. The highest BCUT2D eigenvalue weighted by molar-refractivity contribution is 7.01. The van der Waals surface area contributed by atoms with Gasteiger partial charge in [-0.05, 0) is 200 Å². The monoisotopic (exact) mass is 1180 g/mol. The van der Waals surface area contributed by atoms with Gasteiger partial charge in [0, 0.05) is 16.8 Å². The molecule has 0 N–H and O–H groups in total. The molecule has 0 fully saturated rings. The summed E-state index contributed by atoms with van der Waals surface area (Å²) in [6.07, 6.45) is 4.24. The number of anilines is 4. The van der Waals surface area contributed by atoms with Gasteiger partial charge in [-0.15, -0.1) is 0 Å². The number of amides is 2. The molecule has 5 heteroatoms. The fraction of sp³-hybridized carbons (Fsp3) is 0.184. The fourth-order valence-corrected chi connectivity index (χ4v) is 17.1. The molecule has 17 rings (SSSR count). The van der Waals surface area contributed by atoms with Crippen molar-refractivity contribution in [2.24, 2.45) is 0 Å². The van der Waals surface area contributed by atoms with E-state index in [1.165, 1.54) is 66.6 Å². The summed E-state index contributed by atoms with van der Waals surface area (Å²) >= 11 is 0. The van der Waals surface area contributed by atoms with Gasteiger partial charge in [-0.1, -0.05) is 285 Å². The Kier molecular flexibility index (Phi) is 12.6. The summed E-state index contributed by atoms with van der Waals surface area (Å²) in [6.45, 7) is 18.9. The van der Waals surface area contributed by atoms with E-state index in [9.17, 15) is 0 Å². The van der Waals surface area contributed by atoms with Crippen LogP contribution in [0.4, 0.5) is 27.5 Å². The number of rotatable bonds is 8. The molecular weight excluding hydrogens is 1110 g/mol. The van der Waals surface area contributed by atoms with Crippen LogP contribution >= 0.6 is 0 Å². The normalized spacial score (nSPS) is 16.6.